The van der Waals surface area contributed by atoms with E-state index in [-0.39, 0.29) is 11.6 Å². The fourth-order valence-electron chi connectivity index (χ4n) is 3.73. The molecule has 0 N–H and O–H groups in total. The molecule has 1 aliphatic heterocycles. The second kappa shape index (κ2) is 9.63. The Morgan fingerprint density at radius 2 is 1.30 bits per heavy atom. The van der Waals surface area contributed by atoms with Crippen LogP contribution < -0.4 is 9.80 Å². The van der Waals surface area contributed by atoms with Gasteiger partial charge < -0.3 is 9.80 Å². The van der Waals surface area contributed by atoms with Crippen LogP contribution >= 0.6 is 0 Å². The summed E-state index contributed by atoms with van der Waals surface area (Å²) in [6.45, 7) is 5.46. The van der Waals surface area contributed by atoms with Gasteiger partial charge in [0.15, 0.2) is 0 Å². The maximum atomic E-state index is 13.4. The number of aromatic nitrogens is 2. The highest BCUT2D eigenvalue weighted by atomic mass is 19.1. The van der Waals surface area contributed by atoms with Crippen molar-refractivity contribution in [1.82, 2.24) is 14.9 Å². The van der Waals surface area contributed by atoms with Crippen molar-refractivity contribution >= 4 is 17.3 Å². The van der Waals surface area contributed by atoms with Crippen LogP contribution in [0.2, 0.25) is 0 Å². The average molecular weight is 409 g/mol. The molecule has 3 aromatic rings. The van der Waals surface area contributed by atoms with Crippen molar-refractivity contribution in [3.05, 3.63) is 78.6 Å². The Balaban J connectivity index is 1.34. The van der Waals surface area contributed by atoms with E-state index in [9.17, 15) is 8.78 Å². The Bertz CT molecular complexity index is 865. The number of rotatable bonds is 7. The molecule has 1 fully saturated rings. The highest BCUT2D eigenvalue weighted by molar-refractivity contribution is 5.63. The Labute approximate surface area is 175 Å². The first kappa shape index (κ1) is 20.2. The third kappa shape index (κ3) is 5.10. The highest BCUT2D eigenvalue weighted by Gasteiger charge is 2.19. The van der Waals surface area contributed by atoms with Crippen LogP contribution in [0.25, 0.3) is 0 Å². The van der Waals surface area contributed by atoms with Crippen molar-refractivity contribution in [3.8, 4) is 0 Å². The van der Waals surface area contributed by atoms with E-state index < -0.39 is 0 Å². The van der Waals surface area contributed by atoms with Gasteiger partial charge in [-0.25, -0.2) is 18.7 Å². The summed E-state index contributed by atoms with van der Waals surface area (Å²) in [6.07, 6.45) is 4.49. The van der Waals surface area contributed by atoms with E-state index >= 15 is 0 Å². The van der Waals surface area contributed by atoms with Crippen LogP contribution in [0.1, 0.15) is 6.42 Å². The van der Waals surface area contributed by atoms with Gasteiger partial charge in [0.25, 0.3) is 0 Å². The third-order valence-corrected chi connectivity index (χ3v) is 5.34. The maximum absolute atomic E-state index is 13.4. The van der Waals surface area contributed by atoms with Gasteiger partial charge in [-0.3, -0.25) is 4.90 Å². The first-order valence-electron chi connectivity index (χ1n) is 10.2. The average Bonchev–Trinajstić information content (AvgIpc) is 2.79. The van der Waals surface area contributed by atoms with Crippen LogP contribution in [0.3, 0.4) is 0 Å². The Morgan fingerprint density at radius 1 is 0.767 bits per heavy atom. The van der Waals surface area contributed by atoms with Gasteiger partial charge in [-0.2, -0.15) is 0 Å². The van der Waals surface area contributed by atoms with E-state index in [2.05, 4.69) is 24.7 Å². The van der Waals surface area contributed by atoms with Crippen molar-refractivity contribution in [2.24, 2.45) is 0 Å². The van der Waals surface area contributed by atoms with E-state index in [1.807, 2.05) is 6.07 Å². The number of hydrogen-bond donors (Lipinski definition) is 0. The Morgan fingerprint density at radius 3 is 1.83 bits per heavy atom. The van der Waals surface area contributed by atoms with E-state index in [1.54, 1.807) is 36.7 Å². The van der Waals surface area contributed by atoms with Crippen LogP contribution in [0, 0.1) is 11.6 Å². The van der Waals surface area contributed by atoms with Gasteiger partial charge >= 0.3 is 0 Å². The zero-order chi connectivity index (χ0) is 20.8. The van der Waals surface area contributed by atoms with Crippen LogP contribution in [-0.2, 0) is 0 Å². The minimum Gasteiger partial charge on any atom is -0.341 e. The van der Waals surface area contributed by atoms with Gasteiger partial charge in [-0.05, 0) is 67.6 Å². The Kier molecular flexibility index (Phi) is 6.49. The molecule has 4 rings (SSSR count). The second-order valence-electron chi connectivity index (χ2n) is 7.34. The summed E-state index contributed by atoms with van der Waals surface area (Å²) in [5.74, 6) is 0.257. The summed E-state index contributed by atoms with van der Waals surface area (Å²) in [6, 6.07) is 14.7. The SMILES string of the molecule is Fc1ccc(N(CCCN2CCN(c3ncccn3)CC2)c2ccc(F)cc2)cc1. The van der Waals surface area contributed by atoms with E-state index in [4.69, 9.17) is 0 Å². The lowest BCUT2D eigenvalue weighted by Crippen LogP contribution is -2.47. The van der Waals surface area contributed by atoms with Gasteiger partial charge in [-0.1, -0.05) is 0 Å². The van der Waals surface area contributed by atoms with Crippen molar-refractivity contribution in [3.63, 3.8) is 0 Å². The third-order valence-electron chi connectivity index (χ3n) is 5.34. The molecule has 0 saturated carbocycles. The molecule has 156 valence electrons. The number of anilines is 3. The maximum Gasteiger partial charge on any atom is 0.225 e. The summed E-state index contributed by atoms with van der Waals surface area (Å²) in [5, 5.41) is 0. The lowest BCUT2D eigenvalue weighted by molar-refractivity contribution is 0.255. The lowest BCUT2D eigenvalue weighted by Gasteiger charge is -2.35. The van der Waals surface area contributed by atoms with Crippen LogP contribution in [0.5, 0.6) is 0 Å². The van der Waals surface area contributed by atoms with Crippen molar-refractivity contribution in [2.45, 2.75) is 6.42 Å². The van der Waals surface area contributed by atoms with Crippen LogP contribution in [0.15, 0.2) is 67.0 Å². The smallest absolute Gasteiger partial charge is 0.225 e. The number of benzene rings is 2. The minimum atomic E-state index is -0.266. The standard InChI is InChI=1S/C23H25F2N5/c24-19-3-7-21(8-4-19)30(22-9-5-20(25)6-10-22)14-2-13-28-15-17-29(18-16-28)23-26-11-1-12-27-23/h1,3-12H,2,13-18H2. The largest absolute Gasteiger partial charge is 0.341 e. The molecule has 5 nitrogen and oxygen atoms in total. The number of hydrogen-bond acceptors (Lipinski definition) is 5. The molecule has 2 heterocycles. The predicted octanol–water partition coefficient (Wildman–Crippen LogP) is 4.11. The second-order valence-corrected chi connectivity index (χ2v) is 7.34. The van der Waals surface area contributed by atoms with Gasteiger partial charge in [0, 0.05) is 56.5 Å². The molecule has 2 aromatic carbocycles. The molecule has 0 spiro atoms. The highest BCUT2D eigenvalue weighted by Crippen LogP contribution is 2.26. The summed E-state index contributed by atoms with van der Waals surface area (Å²) in [4.78, 5) is 15.4. The monoisotopic (exact) mass is 409 g/mol. The van der Waals surface area contributed by atoms with Gasteiger partial charge in [0.1, 0.15) is 11.6 Å². The summed E-state index contributed by atoms with van der Waals surface area (Å²) >= 11 is 0. The van der Waals surface area contributed by atoms with Gasteiger partial charge in [0.2, 0.25) is 5.95 Å². The molecule has 1 saturated heterocycles. The number of piperazine rings is 1. The molecule has 0 atom stereocenters. The van der Waals surface area contributed by atoms with Gasteiger partial charge in [-0.15, -0.1) is 0 Å². The predicted molar refractivity (Wildman–Crippen MR) is 115 cm³/mol. The fraction of sp³-hybridized carbons (Fsp3) is 0.304. The van der Waals surface area contributed by atoms with Crippen molar-refractivity contribution < 1.29 is 8.78 Å². The molecule has 0 radical (unpaired) electrons. The van der Waals surface area contributed by atoms with Crippen LogP contribution in [0.4, 0.5) is 26.1 Å². The zero-order valence-corrected chi connectivity index (χ0v) is 16.8. The molecular formula is C23H25F2N5. The minimum absolute atomic E-state index is 0.266. The van der Waals surface area contributed by atoms with Crippen molar-refractivity contribution in [2.75, 3.05) is 49.1 Å². The zero-order valence-electron chi connectivity index (χ0n) is 16.8. The normalized spacial score (nSPS) is 14.7. The summed E-state index contributed by atoms with van der Waals surface area (Å²) in [5.41, 5.74) is 1.79. The molecule has 1 aliphatic rings. The summed E-state index contributed by atoms with van der Waals surface area (Å²) in [7, 11) is 0. The molecule has 0 amide bonds. The molecule has 0 unspecified atom stereocenters. The van der Waals surface area contributed by atoms with Gasteiger partial charge in [0.05, 0.1) is 0 Å². The fourth-order valence-corrected chi connectivity index (χ4v) is 3.73. The number of halogens is 2. The van der Waals surface area contributed by atoms with E-state index in [1.165, 1.54) is 24.3 Å². The molecular weight excluding hydrogens is 384 g/mol. The van der Waals surface area contributed by atoms with Crippen LogP contribution in [-0.4, -0.2) is 54.1 Å². The molecule has 7 heteroatoms. The van der Waals surface area contributed by atoms with E-state index in [0.717, 1.165) is 63.0 Å². The topological polar surface area (TPSA) is 35.5 Å². The molecule has 1 aromatic heterocycles. The first-order valence-corrected chi connectivity index (χ1v) is 10.2. The van der Waals surface area contributed by atoms with Crippen molar-refractivity contribution in [1.29, 1.82) is 0 Å². The first-order chi connectivity index (χ1) is 14.7. The lowest BCUT2D eigenvalue weighted by atomic mass is 10.2. The summed E-state index contributed by atoms with van der Waals surface area (Å²) < 4.78 is 26.7. The molecule has 30 heavy (non-hydrogen) atoms. The number of nitrogens with zero attached hydrogens (tertiary/aromatic N) is 5. The quantitative estimate of drug-likeness (QED) is 0.587. The molecule has 0 aliphatic carbocycles. The molecule has 0 bridgehead atoms. The van der Waals surface area contributed by atoms with E-state index in [0.29, 0.717) is 0 Å². The Hall–Kier alpha value is -3.06.